The summed E-state index contributed by atoms with van der Waals surface area (Å²) in [6, 6.07) is 7.96. The third-order valence-electron chi connectivity index (χ3n) is 2.50. The topological polar surface area (TPSA) is 42.7 Å². The van der Waals surface area contributed by atoms with Crippen molar-refractivity contribution in [2.45, 2.75) is 20.4 Å². The van der Waals surface area contributed by atoms with Crippen molar-refractivity contribution in [1.82, 2.24) is 20.3 Å². The molecule has 0 unspecified atom stereocenters. The summed E-state index contributed by atoms with van der Waals surface area (Å²) in [7, 11) is 0. The highest BCUT2D eigenvalue weighted by atomic mass is 79.9. The molecule has 0 spiro atoms. The fourth-order valence-corrected chi connectivity index (χ4v) is 2.09. The van der Waals surface area contributed by atoms with Gasteiger partial charge in [-0.3, -0.25) is 0 Å². The first-order valence-electron chi connectivity index (χ1n) is 6.03. The number of hydrogen-bond donors (Lipinski definition) is 1. The van der Waals surface area contributed by atoms with Gasteiger partial charge in [-0.15, -0.1) is 5.10 Å². The SMILES string of the molecule is CC(C)CNCc1cn(-c2ccccc2Br)nn1. The second kappa shape index (κ2) is 6.11. The Bertz CT molecular complexity index is 507. The first-order valence-corrected chi connectivity index (χ1v) is 6.83. The number of nitrogens with zero attached hydrogens (tertiary/aromatic N) is 3. The highest BCUT2D eigenvalue weighted by Crippen LogP contribution is 2.19. The van der Waals surface area contributed by atoms with Crippen molar-refractivity contribution in [2.75, 3.05) is 6.54 Å². The van der Waals surface area contributed by atoms with Crippen LogP contribution in [0.5, 0.6) is 0 Å². The third-order valence-corrected chi connectivity index (χ3v) is 3.17. The highest BCUT2D eigenvalue weighted by Gasteiger charge is 2.05. The van der Waals surface area contributed by atoms with Crippen molar-refractivity contribution in [2.24, 2.45) is 5.92 Å². The number of halogens is 1. The Morgan fingerprint density at radius 2 is 2.11 bits per heavy atom. The summed E-state index contributed by atoms with van der Waals surface area (Å²) in [6.45, 7) is 6.11. The van der Waals surface area contributed by atoms with Gasteiger partial charge in [0.15, 0.2) is 0 Å². The maximum atomic E-state index is 4.16. The van der Waals surface area contributed by atoms with Crippen LogP contribution in [-0.2, 0) is 6.54 Å². The van der Waals surface area contributed by atoms with Crippen LogP contribution in [0, 0.1) is 5.92 Å². The first kappa shape index (κ1) is 13.2. The first-order chi connectivity index (χ1) is 8.66. The van der Waals surface area contributed by atoms with Gasteiger partial charge in [0.2, 0.25) is 0 Å². The Balaban J connectivity index is 2.04. The van der Waals surface area contributed by atoms with Crippen LogP contribution >= 0.6 is 15.9 Å². The van der Waals surface area contributed by atoms with Crippen molar-refractivity contribution < 1.29 is 0 Å². The lowest BCUT2D eigenvalue weighted by atomic mass is 10.2. The molecule has 1 N–H and O–H groups in total. The monoisotopic (exact) mass is 308 g/mol. The van der Waals surface area contributed by atoms with Crippen molar-refractivity contribution in [3.05, 3.63) is 40.6 Å². The van der Waals surface area contributed by atoms with Gasteiger partial charge in [-0.1, -0.05) is 31.2 Å². The molecule has 0 radical (unpaired) electrons. The molecule has 2 aromatic rings. The number of rotatable bonds is 5. The lowest BCUT2D eigenvalue weighted by molar-refractivity contribution is 0.548. The molecular weight excluding hydrogens is 292 g/mol. The average molecular weight is 309 g/mol. The van der Waals surface area contributed by atoms with Gasteiger partial charge in [0.25, 0.3) is 0 Å². The van der Waals surface area contributed by atoms with E-state index in [9.17, 15) is 0 Å². The molecule has 0 aliphatic heterocycles. The van der Waals surface area contributed by atoms with Gasteiger partial charge in [0, 0.05) is 11.0 Å². The van der Waals surface area contributed by atoms with Gasteiger partial charge in [-0.25, -0.2) is 4.68 Å². The second-order valence-corrected chi connectivity index (χ2v) is 5.48. The van der Waals surface area contributed by atoms with Gasteiger partial charge in [0.1, 0.15) is 0 Å². The average Bonchev–Trinajstić information content (AvgIpc) is 2.78. The zero-order valence-electron chi connectivity index (χ0n) is 10.6. The summed E-state index contributed by atoms with van der Waals surface area (Å²) in [5, 5.41) is 11.7. The predicted molar refractivity (Wildman–Crippen MR) is 75.6 cm³/mol. The zero-order valence-corrected chi connectivity index (χ0v) is 12.2. The molecule has 4 nitrogen and oxygen atoms in total. The van der Waals surface area contributed by atoms with Crippen molar-refractivity contribution >= 4 is 15.9 Å². The number of hydrogen-bond acceptors (Lipinski definition) is 3. The zero-order chi connectivity index (χ0) is 13.0. The van der Waals surface area contributed by atoms with Crippen LogP contribution in [0.3, 0.4) is 0 Å². The summed E-state index contributed by atoms with van der Waals surface area (Å²) in [5.41, 5.74) is 1.95. The number of benzene rings is 1. The summed E-state index contributed by atoms with van der Waals surface area (Å²) in [6.07, 6.45) is 1.95. The van der Waals surface area contributed by atoms with E-state index in [4.69, 9.17) is 0 Å². The molecule has 5 heteroatoms. The molecule has 0 atom stereocenters. The molecule has 0 saturated heterocycles. The van der Waals surface area contributed by atoms with Crippen LogP contribution in [-0.4, -0.2) is 21.5 Å². The maximum Gasteiger partial charge on any atom is 0.0969 e. The summed E-state index contributed by atoms with van der Waals surface area (Å²) >= 11 is 3.51. The molecule has 0 bridgehead atoms. The van der Waals surface area contributed by atoms with Gasteiger partial charge in [-0.2, -0.15) is 0 Å². The van der Waals surface area contributed by atoms with Crippen molar-refractivity contribution in [3.63, 3.8) is 0 Å². The molecule has 1 heterocycles. The van der Waals surface area contributed by atoms with Crippen LogP contribution in [0.25, 0.3) is 5.69 Å². The van der Waals surface area contributed by atoms with Crippen molar-refractivity contribution in [3.8, 4) is 5.69 Å². The van der Waals surface area contributed by atoms with E-state index < -0.39 is 0 Å². The predicted octanol–water partition coefficient (Wildman–Crippen LogP) is 2.78. The van der Waals surface area contributed by atoms with Crippen LogP contribution < -0.4 is 5.32 Å². The molecule has 0 fully saturated rings. The Morgan fingerprint density at radius 1 is 1.33 bits per heavy atom. The van der Waals surface area contributed by atoms with Crippen molar-refractivity contribution in [1.29, 1.82) is 0 Å². The van der Waals surface area contributed by atoms with Crippen LogP contribution in [0.1, 0.15) is 19.5 Å². The van der Waals surface area contributed by atoms with E-state index in [0.717, 1.165) is 28.9 Å². The molecule has 0 amide bonds. The summed E-state index contributed by atoms with van der Waals surface area (Å²) < 4.78 is 2.80. The smallest absolute Gasteiger partial charge is 0.0969 e. The van der Waals surface area contributed by atoms with E-state index >= 15 is 0 Å². The largest absolute Gasteiger partial charge is 0.311 e. The minimum atomic E-state index is 0.642. The Morgan fingerprint density at radius 3 is 2.83 bits per heavy atom. The molecule has 0 saturated carbocycles. The number of aromatic nitrogens is 3. The van der Waals surface area contributed by atoms with Gasteiger partial charge in [0.05, 0.1) is 17.6 Å². The molecule has 2 rings (SSSR count). The Labute approximate surface area is 116 Å². The summed E-state index contributed by atoms with van der Waals surface area (Å²) in [4.78, 5) is 0. The quantitative estimate of drug-likeness (QED) is 0.923. The highest BCUT2D eigenvalue weighted by molar-refractivity contribution is 9.10. The molecule has 1 aromatic heterocycles. The fraction of sp³-hybridized carbons (Fsp3) is 0.385. The standard InChI is InChI=1S/C13H17BrN4/c1-10(2)7-15-8-11-9-18(17-16-11)13-6-4-3-5-12(13)14/h3-6,9-10,15H,7-8H2,1-2H3. The van der Waals surface area contributed by atoms with Crippen LogP contribution in [0.15, 0.2) is 34.9 Å². The lowest BCUT2D eigenvalue weighted by Gasteiger charge is -2.04. The molecule has 1 aromatic carbocycles. The normalized spacial score (nSPS) is 11.1. The van der Waals surface area contributed by atoms with E-state index in [1.54, 1.807) is 4.68 Å². The minimum Gasteiger partial charge on any atom is -0.311 e. The molecule has 96 valence electrons. The molecule has 18 heavy (non-hydrogen) atoms. The lowest BCUT2D eigenvalue weighted by Crippen LogP contribution is -2.19. The van der Waals surface area contributed by atoms with E-state index in [-0.39, 0.29) is 0 Å². The van der Waals surface area contributed by atoms with E-state index in [2.05, 4.69) is 45.4 Å². The number of para-hydroxylation sites is 1. The van der Waals surface area contributed by atoms with Crippen LogP contribution in [0.4, 0.5) is 0 Å². The fourth-order valence-electron chi connectivity index (χ4n) is 1.62. The Hall–Kier alpha value is -1.20. The van der Waals surface area contributed by atoms with Crippen LogP contribution in [0.2, 0.25) is 0 Å². The van der Waals surface area contributed by atoms with E-state index in [1.165, 1.54) is 0 Å². The molecular formula is C13H17BrN4. The second-order valence-electron chi connectivity index (χ2n) is 4.63. The van der Waals surface area contributed by atoms with Gasteiger partial charge < -0.3 is 5.32 Å². The Kier molecular flexibility index (Phi) is 4.49. The minimum absolute atomic E-state index is 0.642. The summed E-state index contributed by atoms with van der Waals surface area (Å²) in [5.74, 6) is 0.642. The number of nitrogens with one attached hydrogen (secondary N) is 1. The molecule has 0 aliphatic rings. The molecule has 0 aliphatic carbocycles. The van der Waals surface area contributed by atoms with Gasteiger partial charge in [-0.05, 0) is 40.5 Å². The third kappa shape index (κ3) is 3.40. The van der Waals surface area contributed by atoms with E-state index in [0.29, 0.717) is 5.92 Å². The maximum absolute atomic E-state index is 4.16. The van der Waals surface area contributed by atoms with Gasteiger partial charge >= 0.3 is 0 Å². The van der Waals surface area contributed by atoms with E-state index in [1.807, 2.05) is 30.5 Å².